The standard InChI is InChI=1S/C14H13NO3/c1-2-18-14(17)13(16)9-10-5-6-12-11(8-10)4-3-7-15-12/h3-8H,2,9H2,1H3. The van der Waals surface area contributed by atoms with Crippen molar-refractivity contribution in [2.75, 3.05) is 6.61 Å². The number of benzene rings is 1. The summed E-state index contributed by atoms with van der Waals surface area (Å²) in [5.74, 6) is -1.30. The highest BCUT2D eigenvalue weighted by Gasteiger charge is 2.15. The summed E-state index contributed by atoms with van der Waals surface area (Å²) in [6, 6.07) is 9.25. The Morgan fingerprint density at radius 3 is 2.89 bits per heavy atom. The monoisotopic (exact) mass is 243 g/mol. The molecule has 2 rings (SSSR count). The zero-order chi connectivity index (χ0) is 13.0. The van der Waals surface area contributed by atoms with E-state index in [9.17, 15) is 9.59 Å². The van der Waals surface area contributed by atoms with Crippen LogP contribution in [-0.2, 0) is 20.7 Å². The first-order chi connectivity index (χ1) is 8.70. The molecule has 0 amide bonds. The van der Waals surface area contributed by atoms with Gasteiger partial charge in [0, 0.05) is 18.0 Å². The van der Waals surface area contributed by atoms with Gasteiger partial charge in [0.05, 0.1) is 12.1 Å². The molecule has 0 saturated heterocycles. The second-order valence-corrected chi connectivity index (χ2v) is 3.85. The molecule has 18 heavy (non-hydrogen) atoms. The molecule has 0 bridgehead atoms. The van der Waals surface area contributed by atoms with Crippen molar-refractivity contribution in [1.82, 2.24) is 4.98 Å². The van der Waals surface area contributed by atoms with Crippen LogP contribution in [0, 0.1) is 0 Å². The van der Waals surface area contributed by atoms with Gasteiger partial charge in [-0.25, -0.2) is 4.79 Å². The molecule has 0 atom stereocenters. The molecule has 0 spiro atoms. The largest absolute Gasteiger partial charge is 0.460 e. The first-order valence-corrected chi connectivity index (χ1v) is 5.74. The van der Waals surface area contributed by atoms with Crippen LogP contribution in [0.3, 0.4) is 0 Å². The predicted octanol–water partition coefficient (Wildman–Crippen LogP) is 1.91. The normalized spacial score (nSPS) is 10.3. The summed E-state index contributed by atoms with van der Waals surface area (Å²) in [7, 11) is 0. The van der Waals surface area contributed by atoms with Crippen molar-refractivity contribution in [3.05, 3.63) is 42.1 Å². The number of hydrogen-bond donors (Lipinski definition) is 0. The molecule has 1 heterocycles. The van der Waals surface area contributed by atoms with Crippen LogP contribution < -0.4 is 0 Å². The van der Waals surface area contributed by atoms with E-state index in [4.69, 9.17) is 0 Å². The van der Waals surface area contributed by atoms with E-state index in [0.717, 1.165) is 16.5 Å². The number of nitrogens with zero attached hydrogens (tertiary/aromatic N) is 1. The average Bonchev–Trinajstić information content (AvgIpc) is 2.39. The Labute approximate surface area is 105 Å². The fourth-order valence-corrected chi connectivity index (χ4v) is 1.70. The molecular weight excluding hydrogens is 230 g/mol. The van der Waals surface area contributed by atoms with Crippen molar-refractivity contribution in [3.8, 4) is 0 Å². The van der Waals surface area contributed by atoms with Crippen molar-refractivity contribution >= 4 is 22.7 Å². The van der Waals surface area contributed by atoms with Crippen LogP contribution >= 0.6 is 0 Å². The highest BCUT2D eigenvalue weighted by Crippen LogP contribution is 2.14. The molecule has 4 heteroatoms. The first kappa shape index (κ1) is 12.2. The summed E-state index contributed by atoms with van der Waals surface area (Å²) >= 11 is 0. The Balaban J connectivity index is 2.17. The number of hydrogen-bond acceptors (Lipinski definition) is 4. The summed E-state index contributed by atoms with van der Waals surface area (Å²) in [5.41, 5.74) is 1.65. The predicted molar refractivity (Wildman–Crippen MR) is 67.1 cm³/mol. The number of carbonyl (C=O) groups is 2. The SMILES string of the molecule is CCOC(=O)C(=O)Cc1ccc2ncccc2c1. The van der Waals surface area contributed by atoms with E-state index >= 15 is 0 Å². The lowest BCUT2D eigenvalue weighted by atomic mass is 10.1. The fraction of sp³-hybridized carbons (Fsp3) is 0.214. The Morgan fingerprint density at radius 2 is 2.11 bits per heavy atom. The van der Waals surface area contributed by atoms with Crippen LogP contribution in [-0.4, -0.2) is 23.3 Å². The number of pyridine rings is 1. The van der Waals surface area contributed by atoms with Gasteiger partial charge in [0.1, 0.15) is 0 Å². The van der Waals surface area contributed by atoms with E-state index in [0.29, 0.717) is 0 Å². The lowest BCUT2D eigenvalue weighted by Crippen LogP contribution is -2.19. The van der Waals surface area contributed by atoms with Crippen LogP contribution in [0.15, 0.2) is 36.5 Å². The Morgan fingerprint density at radius 1 is 1.28 bits per heavy atom. The quantitative estimate of drug-likeness (QED) is 0.608. The van der Waals surface area contributed by atoms with Crippen molar-refractivity contribution in [2.45, 2.75) is 13.3 Å². The van der Waals surface area contributed by atoms with Crippen LogP contribution in [0.5, 0.6) is 0 Å². The lowest BCUT2D eigenvalue weighted by molar-refractivity contribution is -0.153. The van der Waals surface area contributed by atoms with E-state index in [2.05, 4.69) is 9.72 Å². The van der Waals surface area contributed by atoms with Gasteiger partial charge in [0.15, 0.2) is 0 Å². The first-order valence-electron chi connectivity index (χ1n) is 5.74. The van der Waals surface area contributed by atoms with Crippen molar-refractivity contribution in [3.63, 3.8) is 0 Å². The minimum atomic E-state index is -0.774. The fourth-order valence-electron chi connectivity index (χ4n) is 1.70. The molecule has 92 valence electrons. The van der Waals surface area contributed by atoms with E-state index < -0.39 is 11.8 Å². The van der Waals surface area contributed by atoms with Gasteiger partial charge in [-0.1, -0.05) is 12.1 Å². The number of rotatable bonds is 4. The number of ether oxygens (including phenoxy) is 1. The van der Waals surface area contributed by atoms with Gasteiger partial charge in [-0.15, -0.1) is 0 Å². The van der Waals surface area contributed by atoms with E-state index in [1.54, 1.807) is 19.2 Å². The number of aromatic nitrogens is 1. The molecule has 4 nitrogen and oxygen atoms in total. The van der Waals surface area contributed by atoms with Gasteiger partial charge in [-0.05, 0) is 30.7 Å². The molecule has 0 radical (unpaired) electrons. The second-order valence-electron chi connectivity index (χ2n) is 3.85. The lowest BCUT2D eigenvalue weighted by Gasteiger charge is -2.03. The van der Waals surface area contributed by atoms with Gasteiger partial charge in [0.25, 0.3) is 0 Å². The molecule has 0 aliphatic heterocycles. The molecule has 0 fully saturated rings. The summed E-state index contributed by atoms with van der Waals surface area (Å²) in [6.07, 6.45) is 1.77. The van der Waals surface area contributed by atoms with Crippen molar-refractivity contribution < 1.29 is 14.3 Å². The topological polar surface area (TPSA) is 56.3 Å². The summed E-state index contributed by atoms with van der Waals surface area (Å²) in [4.78, 5) is 27.0. The van der Waals surface area contributed by atoms with Crippen molar-refractivity contribution in [2.24, 2.45) is 0 Å². The Hall–Kier alpha value is -2.23. The highest BCUT2D eigenvalue weighted by atomic mass is 16.5. The summed E-state index contributed by atoms with van der Waals surface area (Å²) in [6.45, 7) is 1.89. The molecule has 1 aromatic heterocycles. The zero-order valence-corrected chi connectivity index (χ0v) is 10.1. The van der Waals surface area contributed by atoms with Gasteiger partial charge < -0.3 is 4.74 Å². The van der Waals surface area contributed by atoms with Gasteiger partial charge >= 0.3 is 5.97 Å². The third-order valence-corrected chi connectivity index (χ3v) is 2.54. The summed E-state index contributed by atoms with van der Waals surface area (Å²) < 4.78 is 4.66. The molecule has 2 aromatic rings. The highest BCUT2D eigenvalue weighted by molar-refractivity contribution is 6.34. The van der Waals surface area contributed by atoms with Crippen molar-refractivity contribution in [1.29, 1.82) is 0 Å². The minimum Gasteiger partial charge on any atom is -0.460 e. The third kappa shape index (κ3) is 2.71. The number of fused-ring (bicyclic) bond motifs is 1. The molecular formula is C14H13NO3. The molecule has 1 aromatic carbocycles. The smallest absolute Gasteiger partial charge is 0.374 e. The zero-order valence-electron chi connectivity index (χ0n) is 10.1. The molecule has 0 unspecified atom stereocenters. The maximum absolute atomic E-state index is 11.5. The maximum atomic E-state index is 11.5. The van der Waals surface area contributed by atoms with Crippen LogP contribution in [0.2, 0.25) is 0 Å². The van der Waals surface area contributed by atoms with Gasteiger partial charge in [-0.3, -0.25) is 9.78 Å². The van der Waals surface area contributed by atoms with Crippen LogP contribution in [0.4, 0.5) is 0 Å². The minimum absolute atomic E-state index is 0.0592. The van der Waals surface area contributed by atoms with Crippen LogP contribution in [0.25, 0.3) is 10.9 Å². The average molecular weight is 243 g/mol. The van der Waals surface area contributed by atoms with Gasteiger partial charge in [0.2, 0.25) is 5.78 Å². The number of Topliss-reactive ketones (excluding diaryl/α,β-unsaturated/α-hetero) is 1. The number of carbonyl (C=O) groups excluding carboxylic acids is 2. The van der Waals surface area contributed by atoms with E-state index in [1.165, 1.54) is 0 Å². The second kappa shape index (κ2) is 5.40. The number of ketones is 1. The molecule has 0 aliphatic carbocycles. The van der Waals surface area contributed by atoms with E-state index in [1.807, 2.05) is 24.3 Å². The Kier molecular flexibility index (Phi) is 3.67. The third-order valence-electron chi connectivity index (χ3n) is 2.54. The van der Waals surface area contributed by atoms with Crippen LogP contribution in [0.1, 0.15) is 12.5 Å². The molecule has 0 N–H and O–H groups in total. The Bertz CT molecular complexity index is 592. The molecule has 0 saturated carbocycles. The van der Waals surface area contributed by atoms with E-state index in [-0.39, 0.29) is 13.0 Å². The number of esters is 1. The summed E-state index contributed by atoms with van der Waals surface area (Å²) in [5, 5.41) is 0.951. The maximum Gasteiger partial charge on any atom is 0.374 e. The van der Waals surface area contributed by atoms with Gasteiger partial charge in [-0.2, -0.15) is 0 Å². The molecule has 0 aliphatic rings.